The number of hydrogen-bond donors (Lipinski definition) is 2. The zero-order chi connectivity index (χ0) is 12.2. The van der Waals surface area contributed by atoms with Crippen LogP contribution < -0.4 is 5.73 Å². The van der Waals surface area contributed by atoms with Crippen LogP contribution in [0.25, 0.3) is 0 Å². The van der Waals surface area contributed by atoms with Crippen LogP contribution in [0.1, 0.15) is 25.8 Å². The Morgan fingerprint density at radius 3 is 2.44 bits per heavy atom. The molecule has 0 aliphatic heterocycles. The highest BCUT2D eigenvalue weighted by molar-refractivity contribution is 5.73. The van der Waals surface area contributed by atoms with Crippen molar-refractivity contribution in [2.24, 2.45) is 11.1 Å². The van der Waals surface area contributed by atoms with Crippen molar-refractivity contribution in [1.82, 2.24) is 0 Å². The quantitative estimate of drug-likeness (QED) is 0.800. The zero-order valence-corrected chi connectivity index (χ0v) is 9.81. The summed E-state index contributed by atoms with van der Waals surface area (Å²) in [5.41, 5.74) is 6.36. The number of nitrogens with two attached hydrogens (primary N) is 1. The van der Waals surface area contributed by atoms with E-state index in [1.54, 1.807) is 13.8 Å². The number of carbonyl (C=O) groups is 1. The van der Waals surface area contributed by atoms with E-state index in [-0.39, 0.29) is 6.04 Å². The van der Waals surface area contributed by atoms with Crippen molar-refractivity contribution in [1.29, 1.82) is 0 Å². The third-order valence-electron chi connectivity index (χ3n) is 2.69. The lowest BCUT2D eigenvalue weighted by atomic mass is 9.84. The molecule has 0 amide bonds. The fourth-order valence-corrected chi connectivity index (χ4v) is 1.73. The maximum atomic E-state index is 11.0. The number of benzene rings is 1. The molecule has 0 spiro atoms. The van der Waals surface area contributed by atoms with Gasteiger partial charge in [0.2, 0.25) is 0 Å². The molecule has 1 rings (SSSR count). The first kappa shape index (κ1) is 12.7. The average Bonchev–Trinajstić information content (AvgIpc) is 2.17. The smallest absolute Gasteiger partial charge is 0.309 e. The van der Waals surface area contributed by atoms with Gasteiger partial charge >= 0.3 is 5.97 Å². The van der Waals surface area contributed by atoms with Crippen molar-refractivity contribution in [3.05, 3.63) is 35.9 Å². The van der Waals surface area contributed by atoms with Gasteiger partial charge in [-0.05, 0) is 32.3 Å². The van der Waals surface area contributed by atoms with E-state index < -0.39 is 11.4 Å². The van der Waals surface area contributed by atoms with Crippen LogP contribution >= 0.6 is 0 Å². The number of hydrogen-bond acceptors (Lipinski definition) is 2. The standard InChI is InChI=1S/C13H19NO2/c1-13(2,12(15)16)9-11(14)8-10-6-4-3-5-7-10/h3-7,11H,8-9,14H2,1-2H3,(H,15,16)/t11-/m1/s1. The molecule has 88 valence electrons. The Balaban J connectivity index is 2.54. The normalized spacial score (nSPS) is 13.4. The van der Waals surface area contributed by atoms with Crippen LogP contribution in [0.15, 0.2) is 30.3 Å². The van der Waals surface area contributed by atoms with Gasteiger partial charge < -0.3 is 10.8 Å². The molecular formula is C13H19NO2. The van der Waals surface area contributed by atoms with Gasteiger partial charge in [0.25, 0.3) is 0 Å². The van der Waals surface area contributed by atoms with Crippen molar-refractivity contribution in [2.45, 2.75) is 32.7 Å². The fourth-order valence-electron chi connectivity index (χ4n) is 1.73. The van der Waals surface area contributed by atoms with E-state index in [9.17, 15) is 4.79 Å². The fraction of sp³-hybridized carbons (Fsp3) is 0.462. The molecule has 0 heterocycles. The molecule has 16 heavy (non-hydrogen) atoms. The first-order chi connectivity index (χ1) is 7.42. The summed E-state index contributed by atoms with van der Waals surface area (Å²) in [5, 5.41) is 9.00. The lowest BCUT2D eigenvalue weighted by Gasteiger charge is -2.23. The Morgan fingerprint density at radius 1 is 1.38 bits per heavy atom. The van der Waals surface area contributed by atoms with Crippen molar-refractivity contribution in [2.75, 3.05) is 0 Å². The van der Waals surface area contributed by atoms with Crippen molar-refractivity contribution in [3.63, 3.8) is 0 Å². The summed E-state index contributed by atoms with van der Waals surface area (Å²) in [6.45, 7) is 3.42. The summed E-state index contributed by atoms with van der Waals surface area (Å²) in [4.78, 5) is 11.0. The minimum absolute atomic E-state index is 0.117. The molecule has 1 atom stereocenters. The van der Waals surface area contributed by atoms with Gasteiger partial charge in [-0.2, -0.15) is 0 Å². The lowest BCUT2D eigenvalue weighted by Crippen LogP contribution is -2.34. The first-order valence-electron chi connectivity index (χ1n) is 5.45. The van der Waals surface area contributed by atoms with Gasteiger partial charge in [0.05, 0.1) is 5.41 Å². The molecule has 3 heteroatoms. The maximum Gasteiger partial charge on any atom is 0.309 e. The van der Waals surface area contributed by atoms with Gasteiger partial charge in [-0.1, -0.05) is 30.3 Å². The molecular weight excluding hydrogens is 202 g/mol. The SMILES string of the molecule is CC(C)(C[C@H](N)Cc1ccccc1)C(=O)O. The summed E-state index contributed by atoms with van der Waals surface area (Å²) in [6.07, 6.45) is 1.20. The summed E-state index contributed by atoms with van der Waals surface area (Å²) in [7, 11) is 0. The molecule has 0 radical (unpaired) electrons. The van der Waals surface area contributed by atoms with E-state index in [2.05, 4.69) is 0 Å². The Morgan fingerprint density at radius 2 is 1.94 bits per heavy atom. The molecule has 0 aromatic heterocycles. The van der Waals surface area contributed by atoms with Crippen LogP contribution in [0, 0.1) is 5.41 Å². The largest absolute Gasteiger partial charge is 0.481 e. The van der Waals surface area contributed by atoms with Crippen molar-refractivity contribution >= 4 is 5.97 Å². The van der Waals surface area contributed by atoms with E-state index in [0.717, 1.165) is 12.0 Å². The molecule has 3 N–H and O–H groups in total. The minimum atomic E-state index is -0.795. The molecule has 0 saturated heterocycles. The van der Waals surface area contributed by atoms with E-state index in [1.807, 2.05) is 30.3 Å². The number of carboxylic acid groups (broad SMARTS) is 1. The second-order valence-corrected chi connectivity index (χ2v) is 4.84. The number of rotatable bonds is 5. The third kappa shape index (κ3) is 3.66. The molecule has 1 aromatic rings. The van der Waals surface area contributed by atoms with Crippen LogP contribution in [0.3, 0.4) is 0 Å². The van der Waals surface area contributed by atoms with Crippen LogP contribution in [0.2, 0.25) is 0 Å². The van der Waals surface area contributed by atoms with Gasteiger partial charge in [-0.3, -0.25) is 4.79 Å². The highest BCUT2D eigenvalue weighted by atomic mass is 16.4. The lowest BCUT2D eigenvalue weighted by molar-refractivity contribution is -0.147. The van der Waals surface area contributed by atoms with Gasteiger partial charge in [-0.15, -0.1) is 0 Å². The highest BCUT2D eigenvalue weighted by Crippen LogP contribution is 2.23. The maximum absolute atomic E-state index is 11.0. The van der Waals surface area contributed by atoms with Gasteiger partial charge in [0, 0.05) is 6.04 Å². The topological polar surface area (TPSA) is 63.3 Å². The Hall–Kier alpha value is -1.35. The van der Waals surface area contributed by atoms with Crippen molar-refractivity contribution in [3.8, 4) is 0 Å². The van der Waals surface area contributed by atoms with E-state index >= 15 is 0 Å². The summed E-state index contributed by atoms with van der Waals surface area (Å²) >= 11 is 0. The predicted molar refractivity (Wildman–Crippen MR) is 64.2 cm³/mol. The summed E-state index contributed by atoms with van der Waals surface area (Å²) in [5.74, 6) is -0.795. The highest BCUT2D eigenvalue weighted by Gasteiger charge is 2.29. The van der Waals surface area contributed by atoms with E-state index in [0.29, 0.717) is 6.42 Å². The molecule has 0 saturated carbocycles. The van der Waals surface area contributed by atoms with E-state index in [4.69, 9.17) is 10.8 Å². The molecule has 0 aliphatic rings. The first-order valence-corrected chi connectivity index (χ1v) is 5.45. The second-order valence-electron chi connectivity index (χ2n) is 4.84. The molecule has 0 bridgehead atoms. The molecule has 1 aromatic carbocycles. The Bertz CT molecular complexity index is 346. The van der Waals surface area contributed by atoms with Crippen LogP contribution in [-0.2, 0) is 11.2 Å². The third-order valence-corrected chi connectivity index (χ3v) is 2.69. The second kappa shape index (κ2) is 5.12. The summed E-state index contributed by atoms with van der Waals surface area (Å²) in [6, 6.07) is 9.78. The van der Waals surface area contributed by atoms with Crippen LogP contribution in [0.5, 0.6) is 0 Å². The number of aliphatic carboxylic acids is 1. The van der Waals surface area contributed by atoms with Crippen LogP contribution in [-0.4, -0.2) is 17.1 Å². The number of carboxylic acids is 1. The summed E-state index contributed by atoms with van der Waals surface area (Å²) < 4.78 is 0. The molecule has 0 fully saturated rings. The predicted octanol–water partition coefficient (Wildman–Crippen LogP) is 2.06. The Labute approximate surface area is 96.3 Å². The average molecular weight is 221 g/mol. The van der Waals surface area contributed by atoms with Crippen molar-refractivity contribution < 1.29 is 9.90 Å². The molecule has 0 unspecified atom stereocenters. The monoisotopic (exact) mass is 221 g/mol. The molecule has 0 aliphatic carbocycles. The molecule has 3 nitrogen and oxygen atoms in total. The van der Waals surface area contributed by atoms with E-state index in [1.165, 1.54) is 0 Å². The minimum Gasteiger partial charge on any atom is -0.481 e. The van der Waals surface area contributed by atoms with Crippen LogP contribution in [0.4, 0.5) is 0 Å². The van der Waals surface area contributed by atoms with Gasteiger partial charge in [-0.25, -0.2) is 0 Å². The Kier molecular flexibility index (Phi) is 4.07. The van der Waals surface area contributed by atoms with Gasteiger partial charge in [0.1, 0.15) is 0 Å². The van der Waals surface area contributed by atoms with Gasteiger partial charge in [0.15, 0.2) is 0 Å². The zero-order valence-electron chi connectivity index (χ0n) is 9.81.